The van der Waals surface area contributed by atoms with Crippen molar-refractivity contribution in [1.82, 2.24) is 5.32 Å². The summed E-state index contributed by atoms with van der Waals surface area (Å²) in [5.41, 5.74) is 0. The molecule has 0 aromatic carbocycles. The summed E-state index contributed by atoms with van der Waals surface area (Å²) in [4.78, 5) is 23.7. The van der Waals surface area contributed by atoms with E-state index in [1.165, 1.54) is 187 Å². The third-order valence-electron chi connectivity index (χ3n) is 10.4. The van der Waals surface area contributed by atoms with Crippen LogP contribution in [-0.2, 0) is 18.4 Å². The highest BCUT2D eigenvalue weighted by atomic mass is 31.2. The first-order chi connectivity index (χ1) is 25.0. The van der Waals surface area contributed by atoms with Crippen molar-refractivity contribution in [3.8, 4) is 0 Å². The zero-order valence-electron chi connectivity index (χ0n) is 35.3. The summed E-state index contributed by atoms with van der Waals surface area (Å²) >= 11 is 0. The second kappa shape index (κ2) is 36.2. The molecule has 0 aliphatic carbocycles. The van der Waals surface area contributed by atoms with Crippen molar-refractivity contribution in [3.05, 3.63) is 0 Å². The molecule has 0 spiro atoms. The maximum Gasteiger partial charge on any atom is 0.268 e. The summed E-state index contributed by atoms with van der Waals surface area (Å²) < 4.78 is 22.6. The first-order valence-electron chi connectivity index (χ1n) is 22.3. The Hall–Kier alpha value is -0.500. The number of phosphoric acid groups is 1. The number of carbonyl (C=O) groups excluding carboxylic acids is 1. The lowest BCUT2D eigenvalue weighted by molar-refractivity contribution is -0.870. The minimum Gasteiger partial charge on any atom is -0.756 e. The average Bonchev–Trinajstić information content (AvgIpc) is 3.08. The first-order valence-corrected chi connectivity index (χ1v) is 23.8. The van der Waals surface area contributed by atoms with Crippen LogP contribution in [-0.4, -0.2) is 68.5 Å². The standard InChI is InChI=1S/C43H89N2O6P/c1-6-7-8-9-10-11-12-13-14-15-16-17-18-19-20-21-22-23-24-25-26-27-28-29-30-31-32-33-34-35-36-37-43(47)42(44-41(2)46)40-51-52(48,49)50-39-38-45(3,4)5/h42-43,47H,6-40H2,1-5H3,(H-,44,46,48,49). The molecule has 0 aromatic rings. The number of phosphoric ester groups is 1. The summed E-state index contributed by atoms with van der Waals surface area (Å²) in [6, 6.07) is -0.796. The van der Waals surface area contributed by atoms with Crippen LogP contribution in [0.3, 0.4) is 0 Å². The quantitative estimate of drug-likeness (QED) is 0.0365. The smallest absolute Gasteiger partial charge is 0.268 e. The molecule has 0 radical (unpaired) electrons. The predicted molar refractivity (Wildman–Crippen MR) is 219 cm³/mol. The molecule has 9 heteroatoms. The van der Waals surface area contributed by atoms with E-state index in [9.17, 15) is 19.4 Å². The van der Waals surface area contributed by atoms with E-state index >= 15 is 0 Å². The Bertz CT molecular complexity index is 824. The molecule has 8 nitrogen and oxygen atoms in total. The Morgan fingerprint density at radius 3 is 1.19 bits per heavy atom. The molecule has 312 valence electrons. The summed E-state index contributed by atoms with van der Waals surface area (Å²) in [6.07, 6.45) is 42.1. The van der Waals surface area contributed by atoms with Gasteiger partial charge in [-0.3, -0.25) is 9.36 Å². The van der Waals surface area contributed by atoms with Crippen LogP contribution in [0.2, 0.25) is 0 Å². The van der Waals surface area contributed by atoms with Gasteiger partial charge in [0.05, 0.1) is 39.9 Å². The van der Waals surface area contributed by atoms with Gasteiger partial charge in [-0.2, -0.15) is 0 Å². The molecule has 0 saturated carbocycles. The number of aliphatic hydroxyl groups is 1. The number of aliphatic hydroxyl groups excluding tert-OH is 1. The molecule has 0 fully saturated rings. The highest BCUT2D eigenvalue weighted by Gasteiger charge is 2.23. The highest BCUT2D eigenvalue weighted by molar-refractivity contribution is 7.45. The van der Waals surface area contributed by atoms with Crippen LogP contribution in [0, 0.1) is 0 Å². The molecule has 0 rings (SSSR count). The number of likely N-dealkylation sites (N-methyl/N-ethyl adjacent to an activating group) is 1. The number of carbonyl (C=O) groups is 1. The van der Waals surface area contributed by atoms with Crippen LogP contribution in [0.15, 0.2) is 0 Å². The Balaban J connectivity index is 3.51. The first kappa shape index (κ1) is 51.5. The van der Waals surface area contributed by atoms with Crippen LogP contribution in [0.5, 0.6) is 0 Å². The summed E-state index contributed by atoms with van der Waals surface area (Å²) in [5.74, 6) is -0.338. The van der Waals surface area contributed by atoms with Gasteiger partial charge in [-0.1, -0.05) is 206 Å². The Morgan fingerprint density at radius 1 is 0.596 bits per heavy atom. The zero-order chi connectivity index (χ0) is 38.6. The van der Waals surface area contributed by atoms with E-state index in [0.29, 0.717) is 17.4 Å². The van der Waals surface area contributed by atoms with E-state index in [1.807, 2.05) is 21.1 Å². The maximum absolute atomic E-state index is 12.1. The van der Waals surface area contributed by atoms with Crippen molar-refractivity contribution >= 4 is 13.7 Å². The molecule has 0 heterocycles. The van der Waals surface area contributed by atoms with Crippen LogP contribution >= 0.6 is 7.82 Å². The Kier molecular flexibility index (Phi) is 35.8. The van der Waals surface area contributed by atoms with Crippen LogP contribution in [0.1, 0.15) is 219 Å². The third kappa shape index (κ3) is 39.2. The van der Waals surface area contributed by atoms with Gasteiger partial charge in [-0.05, 0) is 6.42 Å². The molecule has 0 aromatic heterocycles. The Labute approximate surface area is 323 Å². The lowest BCUT2D eigenvalue weighted by atomic mass is 10.0. The summed E-state index contributed by atoms with van der Waals surface area (Å²) in [6.45, 7) is 3.82. The number of hydrogen-bond donors (Lipinski definition) is 2. The number of hydrogen-bond acceptors (Lipinski definition) is 6. The second-order valence-corrected chi connectivity index (χ2v) is 18.3. The van der Waals surface area contributed by atoms with Crippen LogP contribution in [0.25, 0.3) is 0 Å². The molecular formula is C43H89N2O6P. The van der Waals surface area contributed by atoms with Crippen molar-refractivity contribution in [1.29, 1.82) is 0 Å². The minimum absolute atomic E-state index is 0.0112. The summed E-state index contributed by atoms with van der Waals surface area (Å²) in [7, 11) is 1.30. The lowest BCUT2D eigenvalue weighted by Gasteiger charge is -2.29. The summed E-state index contributed by atoms with van der Waals surface area (Å²) in [5, 5.41) is 13.2. The molecule has 0 saturated heterocycles. The van der Waals surface area contributed by atoms with E-state index in [1.54, 1.807) is 0 Å². The number of quaternary nitrogens is 1. The fourth-order valence-corrected chi connectivity index (χ4v) is 7.62. The third-order valence-corrected chi connectivity index (χ3v) is 11.3. The second-order valence-electron chi connectivity index (χ2n) is 16.9. The fourth-order valence-electron chi connectivity index (χ4n) is 6.90. The predicted octanol–water partition coefficient (Wildman–Crippen LogP) is 11.6. The van der Waals surface area contributed by atoms with Crippen LogP contribution < -0.4 is 10.2 Å². The number of unbranched alkanes of at least 4 members (excludes halogenated alkanes) is 30. The SMILES string of the molecule is CCCCCCCCCCCCCCCCCCCCCCCCCCCCCCCCCC(O)C(COP(=O)([O-])OCC[N+](C)(C)C)NC(C)=O. The van der Waals surface area contributed by atoms with Gasteiger partial charge in [0, 0.05) is 6.92 Å². The molecule has 1 amide bonds. The largest absolute Gasteiger partial charge is 0.756 e. The topological polar surface area (TPSA) is 108 Å². The van der Waals surface area contributed by atoms with Gasteiger partial charge in [0.1, 0.15) is 13.2 Å². The van der Waals surface area contributed by atoms with Gasteiger partial charge in [0.25, 0.3) is 7.82 Å². The molecule has 0 aliphatic rings. The average molecular weight is 761 g/mol. The fraction of sp³-hybridized carbons (Fsp3) is 0.977. The van der Waals surface area contributed by atoms with Gasteiger partial charge in [-0.25, -0.2) is 0 Å². The van der Waals surface area contributed by atoms with Gasteiger partial charge < -0.3 is 28.8 Å². The van der Waals surface area contributed by atoms with Crippen molar-refractivity contribution < 1.29 is 32.9 Å². The zero-order valence-corrected chi connectivity index (χ0v) is 36.2. The van der Waals surface area contributed by atoms with E-state index in [0.717, 1.165) is 19.3 Å². The molecule has 3 unspecified atom stereocenters. The van der Waals surface area contributed by atoms with E-state index in [2.05, 4.69) is 12.2 Å². The normalized spacial score (nSPS) is 14.4. The highest BCUT2D eigenvalue weighted by Crippen LogP contribution is 2.38. The lowest BCUT2D eigenvalue weighted by Crippen LogP contribution is -2.45. The molecule has 3 atom stereocenters. The monoisotopic (exact) mass is 761 g/mol. The van der Waals surface area contributed by atoms with Gasteiger partial charge in [0.15, 0.2) is 0 Å². The van der Waals surface area contributed by atoms with Crippen LogP contribution in [0.4, 0.5) is 0 Å². The van der Waals surface area contributed by atoms with Crippen molar-refractivity contribution in [2.24, 2.45) is 0 Å². The molecule has 0 bridgehead atoms. The van der Waals surface area contributed by atoms with E-state index in [4.69, 9.17) is 9.05 Å². The number of nitrogens with zero attached hydrogens (tertiary/aromatic N) is 1. The van der Waals surface area contributed by atoms with Gasteiger partial charge in [0.2, 0.25) is 5.91 Å². The molecular weight excluding hydrogens is 671 g/mol. The van der Waals surface area contributed by atoms with E-state index in [-0.39, 0.29) is 19.1 Å². The number of nitrogens with one attached hydrogen (secondary N) is 1. The van der Waals surface area contributed by atoms with Gasteiger partial charge >= 0.3 is 0 Å². The van der Waals surface area contributed by atoms with E-state index < -0.39 is 20.0 Å². The number of amides is 1. The minimum atomic E-state index is -4.51. The number of rotatable bonds is 41. The van der Waals surface area contributed by atoms with Gasteiger partial charge in [-0.15, -0.1) is 0 Å². The molecule has 2 N–H and O–H groups in total. The molecule has 52 heavy (non-hydrogen) atoms. The van der Waals surface area contributed by atoms with Crippen molar-refractivity contribution in [2.45, 2.75) is 231 Å². The maximum atomic E-state index is 12.1. The Morgan fingerprint density at radius 2 is 0.904 bits per heavy atom. The van der Waals surface area contributed by atoms with Crippen molar-refractivity contribution in [3.63, 3.8) is 0 Å². The molecule has 0 aliphatic heterocycles. The van der Waals surface area contributed by atoms with Crippen molar-refractivity contribution in [2.75, 3.05) is 40.9 Å².